The second kappa shape index (κ2) is 10.8. The van der Waals surface area contributed by atoms with Crippen molar-refractivity contribution in [3.8, 4) is 0 Å². The molecule has 2 aromatic rings. The molecule has 1 fully saturated rings. The maximum Gasteiger partial charge on any atom is 0.311 e. The molecule has 1 saturated heterocycles. The number of amides is 2. The summed E-state index contributed by atoms with van der Waals surface area (Å²) in [5, 5.41) is 2.79. The minimum Gasteiger partial charge on any atom is -0.455 e. The SMILES string of the molecule is CCc1cc(Br)ccc1NC(=O)COC(=O)[C@H]1CC(=O)N(c2c(CC)cccc2CC)C1. The number of hydrogen-bond donors (Lipinski definition) is 1. The zero-order valence-electron chi connectivity index (χ0n) is 18.7. The van der Waals surface area contributed by atoms with Crippen molar-refractivity contribution in [1.29, 1.82) is 0 Å². The molecule has 170 valence electrons. The van der Waals surface area contributed by atoms with E-state index >= 15 is 0 Å². The number of hydrogen-bond acceptors (Lipinski definition) is 4. The Labute approximate surface area is 197 Å². The van der Waals surface area contributed by atoms with Gasteiger partial charge in [0.2, 0.25) is 5.91 Å². The van der Waals surface area contributed by atoms with Gasteiger partial charge in [0.05, 0.1) is 5.92 Å². The second-order valence-electron chi connectivity index (χ2n) is 7.85. The van der Waals surface area contributed by atoms with Gasteiger partial charge in [-0.15, -0.1) is 0 Å². The van der Waals surface area contributed by atoms with Crippen LogP contribution in [0.4, 0.5) is 11.4 Å². The van der Waals surface area contributed by atoms with Crippen LogP contribution in [0.25, 0.3) is 0 Å². The fourth-order valence-electron chi connectivity index (χ4n) is 4.06. The van der Waals surface area contributed by atoms with E-state index in [1.54, 1.807) is 4.90 Å². The smallest absolute Gasteiger partial charge is 0.311 e. The number of ether oxygens (including phenoxy) is 1. The molecule has 0 aromatic heterocycles. The Morgan fingerprint density at radius 1 is 1.06 bits per heavy atom. The van der Waals surface area contributed by atoms with E-state index in [0.29, 0.717) is 5.69 Å². The number of halogens is 1. The summed E-state index contributed by atoms with van der Waals surface area (Å²) < 4.78 is 6.20. The van der Waals surface area contributed by atoms with Crippen molar-refractivity contribution >= 4 is 45.1 Å². The van der Waals surface area contributed by atoms with Crippen molar-refractivity contribution in [2.45, 2.75) is 46.5 Å². The third kappa shape index (κ3) is 5.38. The van der Waals surface area contributed by atoms with Crippen molar-refractivity contribution in [2.75, 3.05) is 23.4 Å². The van der Waals surface area contributed by atoms with Gasteiger partial charge in [-0.05, 0) is 54.2 Å². The first-order chi connectivity index (χ1) is 15.4. The number of nitrogens with one attached hydrogen (secondary N) is 1. The van der Waals surface area contributed by atoms with Gasteiger partial charge in [-0.3, -0.25) is 14.4 Å². The van der Waals surface area contributed by atoms with Crippen LogP contribution in [-0.4, -0.2) is 30.9 Å². The number of para-hydroxylation sites is 1. The van der Waals surface area contributed by atoms with E-state index in [-0.39, 0.29) is 25.5 Å². The predicted octanol–water partition coefficient (Wildman–Crippen LogP) is 4.67. The number of anilines is 2. The molecule has 0 bridgehead atoms. The largest absolute Gasteiger partial charge is 0.455 e. The number of rotatable bonds is 8. The van der Waals surface area contributed by atoms with Crippen LogP contribution in [0.3, 0.4) is 0 Å². The molecule has 7 heteroatoms. The molecule has 1 aliphatic heterocycles. The van der Waals surface area contributed by atoms with Gasteiger partial charge in [0, 0.05) is 28.8 Å². The molecule has 1 atom stereocenters. The first kappa shape index (κ1) is 24.0. The van der Waals surface area contributed by atoms with Gasteiger partial charge in [-0.25, -0.2) is 0 Å². The summed E-state index contributed by atoms with van der Waals surface area (Å²) >= 11 is 3.42. The fraction of sp³-hybridized carbons (Fsp3) is 0.400. The van der Waals surface area contributed by atoms with Gasteiger partial charge >= 0.3 is 5.97 Å². The molecule has 0 saturated carbocycles. The van der Waals surface area contributed by atoms with Crippen molar-refractivity contribution in [1.82, 2.24) is 0 Å². The summed E-state index contributed by atoms with van der Waals surface area (Å²) in [6.45, 7) is 6.00. The van der Waals surface area contributed by atoms with Crippen molar-refractivity contribution in [3.05, 3.63) is 57.6 Å². The average molecular weight is 501 g/mol. The van der Waals surface area contributed by atoms with Crippen LogP contribution in [0.5, 0.6) is 0 Å². The summed E-state index contributed by atoms with van der Waals surface area (Å²) in [6, 6.07) is 11.6. The quantitative estimate of drug-likeness (QED) is 0.534. The Bertz CT molecular complexity index is 999. The third-order valence-electron chi connectivity index (χ3n) is 5.76. The maximum absolute atomic E-state index is 12.7. The van der Waals surface area contributed by atoms with Gasteiger partial charge < -0.3 is 15.0 Å². The zero-order valence-corrected chi connectivity index (χ0v) is 20.3. The molecule has 0 aliphatic carbocycles. The molecular formula is C25H29BrN2O4. The molecule has 0 spiro atoms. The van der Waals surface area contributed by atoms with Crippen molar-refractivity contribution < 1.29 is 19.1 Å². The highest BCUT2D eigenvalue weighted by Gasteiger charge is 2.37. The van der Waals surface area contributed by atoms with Crippen LogP contribution in [-0.2, 0) is 38.4 Å². The third-order valence-corrected chi connectivity index (χ3v) is 6.25. The molecule has 1 heterocycles. The fourth-order valence-corrected chi connectivity index (χ4v) is 4.47. The summed E-state index contributed by atoms with van der Waals surface area (Å²) in [5.41, 5.74) is 4.78. The van der Waals surface area contributed by atoms with Gasteiger partial charge in [-0.2, -0.15) is 0 Å². The molecule has 32 heavy (non-hydrogen) atoms. The topological polar surface area (TPSA) is 75.7 Å². The molecular weight excluding hydrogens is 472 g/mol. The van der Waals surface area contributed by atoms with E-state index in [1.165, 1.54) is 0 Å². The van der Waals surface area contributed by atoms with Crippen molar-refractivity contribution in [2.24, 2.45) is 5.92 Å². The van der Waals surface area contributed by atoms with Gasteiger partial charge in [-0.1, -0.05) is 54.9 Å². The number of carbonyl (C=O) groups excluding carboxylic acids is 3. The van der Waals surface area contributed by atoms with Gasteiger partial charge in [0.15, 0.2) is 6.61 Å². The van der Waals surface area contributed by atoms with E-state index < -0.39 is 17.8 Å². The summed E-state index contributed by atoms with van der Waals surface area (Å²) in [6.07, 6.45) is 2.46. The molecule has 1 N–H and O–H groups in total. The predicted molar refractivity (Wildman–Crippen MR) is 129 cm³/mol. The van der Waals surface area contributed by atoms with Gasteiger partial charge in [0.25, 0.3) is 5.91 Å². The number of esters is 1. The second-order valence-corrected chi connectivity index (χ2v) is 8.76. The van der Waals surface area contributed by atoms with Crippen LogP contribution in [0.2, 0.25) is 0 Å². The van der Waals surface area contributed by atoms with Crippen LogP contribution < -0.4 is 10.2 Å². The van der Waals surface area contributed by atoms with Crippen LogP contribution in [0, 0.1) is 5.92 Å². The van der Waals surface area contributed by atoms with Crippen LogP contribution >= 0.6 is 15.9 Å². The molecule has 0 radical (unpaired) electrons. The Balaban J connectivity index is 1.62. The molecule has 2 amide bonds. The molecule has 6 nitrogen and oxygen atoms in total. The summed E-state index contributed by atoms with van der Waals surface area (Å²) in [5.74, 6) is -1.59. The minimum absolute atomic E-state index is 0.0885. The lowest BCUT2D eigenvalue weighted by Gasteiger charge is -2.23. The Hall–Kier alpha value is -2.67. The number of aryl methyl sites for hydroxylation is 3. The highest BCUT2D eigenvalue weighted by atomic mass is 79.9. The van der Waals surface area contributed by atoms with Crippen LogP contribution in [0.1, 0.15) is 43.9 Å². The Morgan fingerprint density at radius 2 is 1.72 bits per heavy atom. The minimum atomic E-state index is -0.580. The van der Waals surface area contributed by atoms with E-state index in [0.717, 1.165) is 46.1 Å². The lowest BCUT2D eigenvalue weighted by Crippen LogP contribution is -2.29. The molecule has 1 aliphatic rings. The number of nitrogens with zero attached hydrogens (tertiary/aromatic N) is 1. The first-order valence-corrected chi connectivity index (χ1v) is 11.8. The summed E-state index contributed by atoms with van der Waals surface area (Å²) in [7, 11) is 0. The van der Waals surface area contributed by atoms with E-state index in [2.05, 4.69) is 35.1 Å². The zero-order chi connectivity index (χ0) is 23.3. The van der Waals surface area contributed by atoms with Crippen LogP contribution in [0.15, 0.2) is 40.9 Å². The maximum atomic E-state index is 12.7. The first-order valence-electron chi connectivity index (χ1n) is 11.0. The molecule has 2 aromatic carbocycles. The lowest BCUT2D eigenvalue weighted by atomic mass is 10.0. The standard InChI is InChI=1S/C25H29BrN2O4/c1-4-16-8-7-9-17(5-2)24(16)28-14-19(13-23(28)30)25(31)32-15-22(29)27-21-11-10-20(26)12-18(21)6-3/h7-12,19H,4-6,13-15H2,1-3H3,(H,27,29)/t19-/m0/s1. The lowest BCUT2D eigenvalue weighted by molar-refractivity contribution is -0.151. The Kier molecular flexibility index (Phi) is 8.07. The molecule has 3 rings (SSSR count). The average Bonchev–Trinajstić information content (AvgIpc) is 3.19. The Morgan fingerprint density at radius 3 is 2.34 bits per heavy atom. The number of benzene rings is 2. The van der Waals surface area contributed by atoms with E-state index in [1.807, 2.05) is 43.3 Å². The summed E-state index contributed by atoms with van der Waals surface area (Å²) in [4.78, 5) is 39.4. The number of carbonyl (C=O) groups is 3. The highest BCUT2D eigenvalue weighted by Crippen LogP contribution is 2.32. The van der Waals surface area contributed by atoms with E-state index in [4.69, 9.17) is 4.74 Å². The molecule has 0 unspecified atom stereocenters. The normalized spacial score (nSPS) is 15.7. The highest BCUT2D eigenvalue weighted by molar-refractivity contribution is 9.10. The van der Waals surface area contributed by atoms with Gasteiger partial charge in [0.1, 0.15) is 0 Å². The monoisotopic (exact) mass is 500 g/mol. The van der Waals surface area contributed by atoms with Crippen molar-refractivity contribution in [3.63, 3.8) is 0 Å². The van der Waals surface area contributed by atoms with E-state index in [9.17, 15) is 14.4 Å².